The van der Waals surface area contributed by atoms with Gasteiger partial charge in [-0.25, -0.2) is 0 Å². The van der Waals surface area contributed by atoms with E-state index in [-0.39, 0.29) is 12.3 Å². The molecule has 0 unspecified atom stereocenters. The molecule has 0 aliphatic rings. The molecular weight excluding hydrogens is 254 g/mol. The van der Waals surface area contributed by atoms with E-state index >= 15 is 0 Å². The largest absolute Gasteiger partial charge is 0.495 e. The molecule has 0 bridgehead atoms. The summed E-state index contributed by atoms with van der Waals surface area (Å²) in [5.74, 6) is 0.569. The third-order valence-corrected chi connectivity index (χ3v) is 2.92. The minimum atomic E-state index is -0.00610. The molecule has 1 heterocycles. The Kier molecular flexibility index (Phi) is 4.68. The summed E-state index contributed by atoms with van der Waals surface area (Å²) < 4.78 is 5.06. The quantitative estimate of drug-likeness (QED) is 0.617. The second kappa shape index (κ2) is 6.68. The minimum absolute atomic E-state index is 0.00610. The molecule has 0 saturated heterocycles. The number of benzene rings is 1. The summed E-state index contributed by atoms with van der Waals surface area (Å²) in [5.41, 5.74) is 7.91. The molecule has 1 aromatic carbocycles. The Bertz CT molecular complexity index is 585. The first kappa shape index (κ1) is 14.0. The molecule has 104 valence electrons. The Balaban J connectivity index is 1.90. The highest BCUT2D eigenvalue weighted by Gasteiger charge is 2.08. The number of rotatable bonds is 6. The highest BCUT2D eigenvalue weighted by molar-refractivity contribution is 5.98. The van der Waals surface area contributed by atoms with Crippen LogP contribution < -0.4 is 15.8 Å². The van der Waals surface area contributed by atoms with Crippen LogP contribution in [0.25, 0.3) is 0 Å². The number of pyridine rings is 1. The van der Waals surface area contributed by atoms with Gasteiger partial charge < -0.3 is 15.8 Å². The van der Waals surface area contributed by atoms with E-state index in [9.17, 15) is 4.79 Å². The molecule has 0 saturated carbocycles. The van der Waals surface area contributed by atoms with Crippen molar-refractivity contribution in [3.8, 4) is 5.75 Å². The molecule has 0 atom stereocenters. The van der Waals surface area contributed by atoms with Gasteiger partial charge in [-0.2, -0.15) is 0 Å². The van der Waals surface area contributed by atoms with E-state index in [1.54, 1.807) is 37.7 Å². The fourth-order valence-electron chi connectivity index (χ4n) is 1.83. The summed E-state index contributed by atoms with van der Waals surface area (Å²) in [6.07, 6.45) is 3.45. The average Bonchev–Trinajstić information content (AvgIpc) is 2.48. The van der Waals surface area contributed by atoms with E-state index in [4.69, 9.17) is 10.5 Å². The molecule has 1 aromatic heterocycles. The van der Waals surface area contributed by atoms with Crippen molar-refractivity contribution in [2.75, 3.05) is 19.4 Å². The number of Topliss-reactive ketones (excluding diaryl/α,β-unsaturated/α-hetero) is 1. The van der Waals surface area contributed by atoms with Crippen molar-refractivity contribution in [1.29, 1.82) is 0 Å². The molecule has 2 rings (SSSR count). The molecule has 0 aliphatic heterocycles. The number of methoxy groups -OCH3 is 1. The zero-order chi connectivity index (χ0) is 14.4. The number of ketones is 1. The van der Waals surface area contributed by atoms with Gasteiger partial charge in [-0.3, -0.25) is 9.78 Å². The van der Waals surface area contributed by atoms with Crippen LogP contribution in [0.4, 0.5) is 5.69 Å². The SMILES string of the molecule is COc1ccc(C(=O)CNCc2ccncc2)cc1N. The molecule has 0 aliphatic carbocycles. The topological polar surface area (TPSA) is 77.2 Å². The normalized spacial score (nSPS) is 10.2. The van der Waals surface area contributed by atoms with Crippen LogP contribution in [0.3, 0.4) is 0 Å². The summed E-state index contributed by atoms with van der Waals surface area (Å²) in [6, 6.07) is 8.86. The predicted octanol–water partition coefficient (Wildman–Crippen LogP) is 1.64. The van der Waals surface area contributed by atoms with Gasteiger partial charge in [-0.1, -0.05) is 0 Å². The molecule has 5 nitrogen and oxygen atoms in total. The van der Waals surface area contributed by atoms with Gasteiger partial charge in [0, 0.05) is 24.5 Å². The molecule has 2 aromatic rings. The zero-order valence-electron chi connectivity index (χ0n) is 11.3. The Hall–Kier alpha value is -2.40. The number of hydrogen-bond acceptors (Lipinski definition) is 5. The molecule has 0 amide bonds. The van der Waals surface area contributed by atoms with Crippen LogP contribution in [-0.4, -0.2) is 24.4 Å². The maximum Gasteiger partial charge on any atom is 0.176 e. The number of aromatic nitrogens is 1. The smallest absolute Gasteiger partial charge is 0.176 e. The van der Waals surface area contributed by atoms with E-state index in [0.29, 0.717) is 23.5 Å². The number of nitrogens with two attached hydrogens (primary N) is 1. The van der Waals surface area contributed by atoms with Crippen molar-refractivity contribution in [1.82, 2.24) is 10.3 Å². The van der Waals surface area contributed by atoms with Gasteiger partial charge in [0.15, 0.2) is 5.78 Å². The van der Waals surface area contributed by atoms with Gasteiger partial charge in [0.25, 0.3) is 0 Å². The van der Waals surface area contributed by atoms with Crippen LogP contribution in [0, 0.1) is 0 Å². The Morgan fingerprint density at radius 3 is 2.70 bits per heavy atom. The summed E-state index contributed by atoms with van der Waals surface area (Å²) in [5, 5.41) is 3.10. The van der Waals surface area contributed by atoms with Crippen LogP contribution in [-0.2, 0) is 6.54 Å². The standard InChI is InChI=1S/C15H17N3O2/c1-20-15-3-2-12(8-13(15)16)14(19)10-18-9-11-4-6-17-7-5-11/h2-8,18H,9-10,16H2,1H3. The fourth-order valence-corrected chi connectivity index (χ4v) is 1.83. The van der Waals surface area contributed by atoms with Crippen molar-refractivity contribution in [3.05, 3.63) is 53.9 Å². The van der Waals surface area contributed by atoms with Gasteiger partial charge in [-0.15, -0.1) is 0 Å². The molecule has 0 fully saturated rings. The summed E-state index contributed by atoms with van der Waals surface area (Å²) in [6.45, 7) is 0.883. The summed E-state index contributed by atoms with van der Waals surface area (Å²) in [4.78, 5) is 16.0. The Morgan fingerprint density at radius 2 is 2.05 bits per heavy atom. The van der Waals surface area contributed by atoms with Gasteiger partial charge >= 0.3 is 0 Å². The lowest BCUT2D eigenvalue weighted by Crippen LogP contribution is -2.22. The van der Waals surface area contributed by atoms with Gasteiger partial charge in [0.2, 0.25) is 0 Å². The first-order valence-corrected chi connectivity index (χ1v) is 6.27. The van der Waals surface area contributed by atoms with E-state index < -0.39 is 0 Å². The van der Waals surface area contributed by atoms with E-state index in [1.807, 2.05) is 12.1 Å². The maximum atomic E-state index is 12.0. The summed E-state index contributed by atoms with van der Waals surface area (Å²) in [7, 11) is 1.55. The molecule has 5 heteroatoms. The lowest BCUT2D eigenvalue weighted by molar-refractivity contribution is 0.0991. The predicted molar refractivity (Wildman–Crippen MR) is 77.7 cm³/mol. The van der Waals surface area contributed by atoms with E-state index in [0.717, 1.165) is 5.56 Å². The van der Waals surface area contributed by atoms with Gasteiger partial charge in [-0.05, 0) is 35.9 Å². The number of ether oxygens (including phenoxy) is 1. The van der Waals surface area contributed by atoms with Gasteiger partial charge in [0.05, 0.1) is 19.3 Å². The molecule has 3 N–H and O–H groups in total. The maximum absolute atomic E-state index is 12.0. The first-order chi connectivity index (χ1) is 9.70. The Morgan fingerprint density at radius 1 is 1.30 bits per heavy atom. The third kappa shape index (κ3) is 3.55. The van der Waals surface area contributed by atoms with Crippen molar-refractivity contribution in [2.45, 2.75) is 6.54 Å². The lowest BCUT2D eigenvalue weighted by Gasteiger charge is -2.07. The highest BCUT2D eigenvalue weighted by Crippen LogP contribution is 2.21. The Labute approximate surface area is 117 Å². The average molecular weight is 271 g/mol. The lowest BCUT2D eigenvalue weighted by atomic mass is 10.1. The van der Waals surface area contributed by atoms with E-state index in [2.05, 4.69) is 10.3 Å². The van der Waals surface area contributed by atoms with Crippen molar-refractivity contribution in [2.24, 2.45) is 0 Å². The van der Waals surface area contributed by atoms with E-state index in [1.165, 1.54) is 0 Å². The van der Waals surface area contributed by atoms with Gasteiger partial charge in [0.1, 0.15) is 5.75 Å². The molecule has 0 spiro atoms. The minimum Gasteiger partial charge on any atom is -0.495 e. The number of anilines is 1. The van der Waals surface area contributed by atoms with Crippen LogP contribution in [0.1, 0.15) is 15.9 Å². The van der Waals surface area contributed by atoms with Crippen LogP contribution >= 0.6 is 0 Å². The number of nitrogens with one attached hydrogen (secondary N) is 1. The van der Waals surface area contributed by atoms with Crippen molar-refractivity contribution >= 4 is 11.5 Å². The fraction of sp³-hybridized carbons (Fsp3) is 0.200. The van der Waals surface area contributed by atoms with Crippen LogP contribution in [0.5, 0.6) is 5.75 Å². The number of carbonyl (C=O) groups is 1. The monoisotopic (exact) mass is 271 g/mol. The highest BCUT2D eigenvalue weighted by atomic mass is 16.5. The zero-order valence-corrected chi connectivity index (χ0v) is 11.3. The second-order valence-corrected chi connectivity index (χ2v) is 4.34. The van der Waals surface area contributed by atoms with Crippen LogP contribution in [0.15, 0.2) is 42.7 Å². The first-order valence-electron chi connectivity index (χ1n) is 6.27. The third-order valence-electron chi connectivity index (χ3n) is 2.92. The number of nitrogen functional groups attached to an aromatic ring is 1. The second-order valence-electron chi connectivity index (χ2n) is 4.34. The number of carbonyl (C=O) groups excluding carboxylic acids is 1. The molecule has 20 heavy (non-hydrogen) atoms. The van der Waals surface area contributed by atoms with Crippen LogP contribution in [0.2, 0.25) is 0 Å². The number of nitrogens with zero attached hydrogens (tertiary/aromatic N) is 1. The molecule has 0 radical (unpaired) electrons. The number of hydrogen-bond donors (Lipinski definition) is 2. The van der Waals surface area contributed by atoms with Crippen molar-refractivity contribution < 1.29 is 9.53 Å². The summed E-state index contributed by atoms with van der Waals surface area (Å²) >= 11 is 0. The molecular formula is C15H17N3O2. The van der Waals surface area contributed by atoms with Crippen molar-refractivity contribution in [3.63, 3.8) is 0 Å².